The normalized spacial score (nSPS) is 10.8. The summed E-state index contributed by atoms with van der Waals surface area (Å²) in [6.07, 6.45) is -2.61. The average Bonchev–Trinajstić information content (AvgIpc) is 1.96. The van der Waals surface area contributed by atoms with Gasteiger partial charge in [-0.05, 0) is 13.0 Å². The van der Waals surface area contributed by atoms with E-state index < -0.39 is 6.43 Å². The highest BCUT2D eigenvalue weighted by molar-refractivity contribution is 6.29. The van der Waals surface area contributed by atoms with Crippen LogP contribution in [0.2, 0.25) is 5.15 Å². The van der Waals surface area contributed by atoms with Crippen molar-refractivity contribution in [1.82, 2.24) is 4.98 Å². The Morgan fingerprint density at radius 2 is 2.17 bits per heavy atom. The Balaban J connectivity index is 3.28. The fraction of sp³-hybridized carbons (Fsp3) is 0.286. The van der Waals surface area contributed by atoms with Crippen molar-refractivity contribution in [2.45, 2.75) is 13.3 Å². The Labute approximate surface area is 73.4 Å². The molecule has 0 aliphatic heterocycles. The fourth-order valence-electron chi connectivity index (χ4n) is 0.848. The van der Waals surface area contributed by atoms with Gasteiger partial charge in [-0.15, -0.1) is 0 Å². The van der Waals surface area contributed by atoms with E-state index in [1.807, 2.05) is 0 Å². The van der Waals surface area contributed by atoms with Gasteiger partial charge in [0.25, 0.3) is 6.43 Å². The number of aromatic nitrogens is 1. The number of nitrogens with two attached hydrogens (primary N) is 1. The number of nitrogen functional groups attached to an aromatic ring is 1. The SMILES string of the molecule is Cc1nc(Cl)cc(C(F)F)c1N. The molecule has 1 rings (SSSR count). The molecule has 0 aromatic carbocycles. The highest BCUT2D eigenvalue weighted by atomic mass is 35.5. The van der Waals surface area contributed by atoms with E-state index >= 15 is 0 Å². The van der Waals surface area contributed by atoms with Gasteiger partial charge < -0.3 is 5.73 Å². The highest BCUT2D eigenvalue weighted by Gasteiger charge is 2.14. The number of alkyl halides is 2. The third-order valence-corrected chi connectivity index (χ3v) is 1.68. The molecule has 0 saturated carbocycles. The summed E-state index contributed by atoms with van der Waals surface area (Å²) in [6.45, 7) is 1.53. The predicted octanol–water partition coefficient (Wildman–Crippen LogP) is 2.56. The molecular weight excluding hydrogens is 186 g/mol. The zero-order valence-electron chi connectivity index (χ0n) is 6.31. The summed E-state index contributed by atoms with van der Waals surface area (Å²) < 4.78 is 24.4. The zero-order chi connectivity index (χ0) is 9.30. The van der Waals surface area contributed by atoms with Crippen LogP contribution in [0.15, 0.2) is 6.07 Å². The van der Waals surface area contributed by atoms with Gasteiger partial charge >= 0.3 is 0 Å². The molecule has 0 bridgehead atoms. The molecule has 0 atom stereocenters. The number of hydrogen-bond acceptors (Lipinski definition) is 2. The first kappa shape index (κ1) is 9.19. The molecule has 0 radical (unpaired) electrons. The molecule has 0 aliphatic rings. The summed E-state index contributed by atoms with van der Waals surface area (Å²) in [5.74, 6) is 0. The maximum atomic E-state index is 12.2. The van der Waals surface area contributed by atoms with Crippen LogP contribution in [-0.4, -0.2) is 4.98 Å². The van der Waals surface area contributed by atoms with Gasteiger partial charge in [-0.1, -0.05) is 11.6 Å². The predicted molar refractivity (Wildman–Crippen MR) is 43.4 cm³/mol. The van der Waals surface area contributed by atoms with Crippen LogP contribution in [0.4, 0.5) is 14.5 Å². The number of hydrogen-bond donors (Lipinski definition) is 1. The number of pyridine rings is 1. The molecule has 66 valence electrons. The lowest BCUT2D eigenvalue weighted by atomic mass is 10.2. The minimum atomic E-state index is -2.61. The molecule has 0 fully saturated rings. The van der Waals surface area contributed by atoms with Crippen molar-refractivity contribution in [1.29, 1.82) is 0 Å². The fourth-order valence-corrected chi connectivity index (χ4v) is 1.09. The maximum Gasteiger partial charge on any atom is 0.266 e. The lowest BCUT2D eigenvalue weighted by molar-refractivity contribution is 0.152. The quantitative estimate of drug-likeness (QED) is 0.695. The second kappa shape index (κ2) is 3.23. The van der Waals surface area contributed by atoms with E-state index in [2.05, 4.69) is 4.98 Å². The van der Waals surface area contributed by atoms with Crippen molar-refractivity contribution < 1.29 is 8.78 Å². The van der Waals surface area contributed by atoms with Gasteiger partial charge in [0.05, 0.1) is 11.4 Å². The van der Waals surface area contributed by atoms with Crippen molar-refractivity contribution in [2.75, 3.05) is 5.73 Å². The Kier molecular flexibility index (Phi) is 2.47. The van der Waals surface area contributed by atoms with Gasteiger partial charge in [0.1, 0.15) is 5.15 Å². The molecular formula is C7H7ClF2N2. The Bertz CT molecular complexity index is 302. The van der Waals surface area contributed by atoms with E-state index in [1.54, 1.807) is 0 Å². The molecule has 0 aliphatic carbocycles. The van der Waals surface area contributed by atoms with Crippen LogP contribution in [0, 0.1) is 6.92 Å². The number of rotatable bonds is 1. The number of nitrogens with zero attached hydrogens (tertiary/aromatic N) is 1. The molecule has 1 heterocycles. The van der Waals surface area contributed by atoms with Crippen LogP contribution in [0.3, 0.4) is 0 Å². The first-order valence-corrected chi connectivity index (χ1v) is 3.61. The zero-order valence-corrected chi connectivity index (χ0v) is 7.07. The van der Waals surface area contributed by atoms with E-state index in [-0.39, 0.29) is 16.4 Å². The first-order valence-electron chi connectivity index (χ1n) is 3.23. The van der Waals surface area contributed by atoms with E-state index in [1.165, 1.54) is 6.92 Å². The molecule has 2 N–H and O–H groups in total. The van der Waals surface area contributed by atoms with Crippen molar-refractivity contribution in [3.8, 4) is 0 Å². The van der Waals surface area contributed by atoms with Gasteiger partial charge in [0.2, 0.25) is 0 Å². The Hall–Kier alpha value is -0.900. The third kappa shape index (κ3) is 1.64. The van der Waals surface area contributed by atoms with Crippen LogP contribution in [0.25, 0.3) is 0 Å². The maximum absolute atomic E-state index is 12.2. The van der Waals surface area contributed by atoms with Crippen molar-refractivity contribution in [3.05, 3.63) is 22.5 Å². The topological polar surface area (TPSA) is 38.9 Å². The Morgan fingerprint density at radius 3 is 2.67 bits per heavy atom. The molecule has 1 aromatic heterocycles. The molecule has 0 unspecified atom stereocenters. The van der Waals surface area contributed by atoms with Crippen molar-refractivity contribution >= 4 is 17.3 Å². The third-order valence-electron chi connectivity index (χ3n) is 1.49. The summed E-state index contributed by atoms with van der Waals surface area (Å²) in [6, 6.07) is 1.08. The minimum absolute atomic E-state index is 0.00870. The van der Waals surface area contributed by atoms with Gasteiger partial charge in [-0.3, -0.25) is 0 Å². The molecule has 12 heavy (non-hydrogen) atoms. The van der Waals surface area contributed by atoms with Crippen LogP contribution in [0.5, 0.6) is 0 Å². The highest BCUT2D eigenvalue weighted by Crippen LogP contribution is 2.28. The van der Waals surface area contributed by atoms with E-state index in [9.17, 15) is 8.78 Å². The molecule has 1 aromatic rings. The number of halogens is 3. The lowest BCUT2D eigenvalue weighted by Gasteiger charge is -2.06. The van der Waals surface area contributed by atoms with Crippen molar-refractivity contribution in [3.63, 3.8) is 0 Å². The van der Waals surface area contributed by atoms with Gasteiger partial charge in [-0.2, -0.15) is 0 Å². The van der Waals surface area contributed by atoms with Crippen molar-refractivity contribution in [2.24, 2.45) is 0 Å². The lowest BCUT2D eigenvalue weighted by Crippen LogP contribution is -2.00. The van der Waals surface area contributed by atoms with Crippen LogP contribution < -0.4 is 5.73 Å². The van der Waals surface area contributed by atoms with E-state index in [4.69, 9.17) is 17.3 Å². The number of anilines is 1. The second-order valence-electron chi connectivity index (χ2n) is 2.33. The second-order valence-corrected chi connectivity index (χ2v) is 2.72. The molecule has 0 saturated heterocycles. The number of aryl methyl sites for hydroxylation is 1. The molecule has 0 spiro atoms. The minimum Gasteiger partial charge on any atom is -0.397 e. The summed E-state index contributed by atoms with van der Waals surface area (Å²) in [5.41, 5.74) is 5.43. The average molecular weight is 193 g/mol. The summed E-state index contributed by atoms with van der Waals surface area (Å²) in [7, 11) is 0. The summed E-state index contributed by atoms with van der Waals surface area (Å²) >= 11 is 5.47. The Morgan fingerprint density at radius 1 is 1.58 bits per heavy atom. The van der Waals surface area contributed by atoms with Gasteiger partial charge in [0, 0.05) is 5.56 Å². The smallest absolute Gasteiger partial charge is 0.266 e. The van der Waals surface area contributed by atoms with E-state index in [0.29, 0.717) is 5.69 Å². The molecule has 0 amide bonds. The molecule has 2 nitrogen and oxygen atoms in total. The van der Waals surface area contributed by atoms with Gasteiger partial charge in [0.15, 0.2) is 0 Å². The van der Waals surface area contributed by atoms with E-state index in [0.717, 1.165) is 6.07 Å². The van der Waals surface area contributed by atoms with Crippen LogP contribution in [0.1, 0.15) is 17.7 Å². The summed E-state index contributed by atoms with van der Waals surface area (Å²) in [5, 5.41) is 0.0389. The largest absolute Gasteiger partial charge is 0.397 e. The van der Waals surface area contributed by atoms with Gasteiger partial charge in [-0.25, -0.2) is 13.8 Å². The standard InChI is InChI=1S/C7H7ClF2N2/c1-3-6(11)4(7(9)10)2-5(8)12-3/h2,7H,11H2,1H3. The molecule has 5 heteroatoms. The monoisotopic (exact) mass is 192 g/mol. The first-order chi connectivity index (χ1) is 5.52. The van der Waals surface area contributed by atoms with Crippen LogP contribution in [-0.2, 0) is 0 Å². The van der Waals surface area contributed by atoms with Crippen LogP contribution >= 0.6 is 11.6 Å². The summed E-state index contributed by atoms with van der Waals surface area (Å²) in [4.78, 5) is 3.72.